The highest BCUT2D eigenvalue weighted by Gasteiger charge is 2.27. The predicted octanol–water partition coefficient (Wildman–Crippen LogP) is 6.91. The number of H-pyrrole nitrogens is 1. The summed E-state index contributed by atoms with van der Waals surface area (Å²) in [5.41, 5.74) is 8.78. The first kappa shape index (κ1) is 29.8. The Morgan fingerprint density at radius 2 is 1.81 bits per heavy atom. The molecule has 43 heavy (non-hydrogen) atoms. The minimum absolute atomic E-state index is 0.131. The molecule has 224 valence electrons. The Balaban J connectivity index is 1.58. The average Bonchev–Trinajstić information content (AvgIpc) is 3.46. The lowest BCUT2D eigenvalue weighted by Crippen LogP contribution is -2.33. The summed E-state index contributed by atoms with van der Waals surface area (Å²) in [5.74, 6) is 1.16. The highest BCUT2D eigenvalue weighted by molar-refractivity contribution is 5.93. The second-order valence-electron chi connectivity index (χ2n) is 11.7. The molecule has 2 heterocycles. The SMILES string of the molecule is CCOc1cc(OCC(C)(C)CN(C)C)c(F)c(C(Nc2ccc3c(N)nccc3c2)c2ncc(-c3ccccc3)[nH]2)c1. The van der Waals surface area contributed by atoms with E-state index in [0.717, 1.165) is 34.3 Å². The number of nitrogens with zero attached hydrogens (tertiary/aromatic N) is 3. The minimum atomic E-state index is -0.702. The third-order valence-electron chi connectivity index (χ3n) is 7.09. The third-order valence-corrected chi connectivity index (χ3v) is 7.09. The van der Waals surface area contributed by atoms with E-state index >= 15 is 4.39 Å². The van der Waals surface area contributed by atoms with Gasteiger partial charge in [0, 0.05) is 40.9 Å². The van der Waals surface area contributed by atoms with Crippen molar-refractivity contribution in [1.29, 1.82) is 0 Å². The van der Waals surface area contributed by atoms with Crippen molar-refractivity contribution in [1.82, 2.24) is 19.9 Å². The highest BCUT2D eigenvalue weighted by Crippen LogP contribution is 2.37. The Kier molecular flexibility index (Phi) is 8.82. The van der Waals surface area contributed by atoms with Gasteiger partial charge in [0.05, 0.1) is 25.1 Å². The molecule has 0 bridgehead atoms. The monoisotopic (exact) mass is 582 g/mol. The van der Waals surface area contributed by atoms with Crippen LogP contribution in [0.4, 0.5) is 15.9 Å². The third kappa shape index (κ3) is 7.06. The number of nitrogen functional groups attached to an aromatic ring is 1. The van der Waals surface area contributed by atoms with Crippen LogP contribution >= 0.6 is 0 Å². The number of aromatic nitrogens is 3. The summed E-state index contributed by atoms with van der Waals surface area (Å²) >= 11 is 0. The number of nitrogens with two attached hydrogens (primary N) is 1. The van der Waals surface area contributed by atoms with Crippen LogP contribution in [0.2, 0.25) is 0 Å². The molecule has 5 rings (SSSR count). The number of ether oxygens (including phenoxy) is 2. The van der Waals surface area contributed by atoms with Gasteiger partial charge >= 0.3 is 0 Å². The molecule has 0 amide bonds. The molecule has 0 spiro atoms. The maximum absolute atomic E-state index is 16.5. The molecule has 8 nitrogen and oxygen atoms in total. The summed E-state index contributed by atoms with van der Waals surface area (Å²) in [6, 6.07) is 20.2. The van der Waals surface area contributed by atoms with Crippen LogP contribution in [-0.4, -0.2) is 53.7 Å². The number of anilines is 2. The number of hydrogen-bond acceptors (Lipinski definition) is 7. The number of imidazole rings is 1. The molecule has 0 aliphatic carbocycles. The van der Waals surface area contributed by atoms with Gasteiger partial charge in [-0.1, -0.05) is 44.2 Å². The van der Waals surface area contributed by atoms with Crippen LogP contribution < -0.4 is 20.5 Å². The molecule has 0 aliphatic rings. The van der Waals surface area contributed by atoms with Crippen LogP contribution in [0.5, 0.6) is 11.5 Å². The number of halogens is 1. The molecule has 5 aromatic rings. The molecule has 4 N–H and O–H groups in total. The molecule has 1 atom stereocenters. The summed E-state index contributed by atoms with van der Waals surface area (Å²) in [5, 5.41) is 5.27. The van der Waals surface area contributed by atoms with Crippen molar-refractivity contribution in [3.8, 4) is 22.8 Å². The average molecular weight is 583 g/mol. The van der Waals surface area contributed by atoms with E-state index in [1.807, 2.05) is 75.6 Å². The van der Waals surface area contributed by atoms with Crippen molar-refractivity contribution < 1.29 is 13.9 Å². The molecule has 0 aliphatic heterocycles. The Morgan fingerprint density at radius 3 is 2.56 bits per heavy atom. The van der Waals surface area contributed by atoms with Crippen molar-refractivity contribution in [2.24, 2.45) is 5.41 Å². The fourth-order valence-corrected chi connectivity index (χ4v) is 5.33. The highest BCUT2D eigenvalue weighted by atomic mass is 19.1. The molecule has 0 saturated carbocycles. The van der Waals surface area contributed by atoms with Crippen LogP contribution in [0.15, 0.2) is 79.1 Å². The summed E-state index contributed by atoms with van der Waals surface area (Å²) in [6.07, 6.45) is 3.43. The smallest absolute Gasteiger partial charge is 0.171 e. The van der Waals surface area contributed by atoms with Gasteiger partial charge in [0.25, 0.3) is 0 Å². The second kappa shape index (κ2) is 12.7. The molecular weight excluding hydrogens is 543 g/mol. The maximum Gasteiger partial charge on any atom is 0.171 e. The zero-order chi connectivity index (χ0) is 30.6. The quantitative estimate of drug-likeness (QED) is 0.147. The first-order valence-electron chi connectivity index (χ1n) is 14.4. The summed E-state index contributed by atoms with van der Waals surface area (Å²) < 4.78 is 28.5. The van der Waals surface area contributed by atoms with E-state index in [2.05, 4.69) is 34.0 Å². The lowest BCUT2D eigenvalue weighted by Gasteiger charge is -2.28. The van der Waals surface area contributed by atoms with E-state index in [9.17, 15) is 0 Å². The van der Waals surface area contributed by atoms with Gasteiger partial charge in [-0.05, 0) is 62.3 Å². The van der Waals surface area contributed by atoms with Gasteiger partial charge in [0.2, 0.25) is 0 Å². The number of fused-ring (bicyclic) bond motifs is 1. The van der Waals surface area contributed by atoms with Crippen molar-refractivity contribution in [3.63, 3.8) is 0 Å². The Morgan fingerprint density at radius 1 is 1.02 bits per heavy atom. The fourth-order valence-electron chi connectivity index (χ4n) is 5.33. The molecule has 1 unspecified atom stereocenters. The predicted molar refractivity (Wildman–Crippen MR) is 171 cm³/mol. The lowest BCUT2D eigenvalue weighted by molar-refractivity contribution is 0.137. The van der Waals surface area contributed by atoms with Crippen LogP contribution in [0.1, 0.15) is 38.2 Å². The number of aromatic amines is 1. The van der Waals surface area contributed by atoms with Gasteiger partial charge in [-0.2, -0.15) is 0 Å². The summed E-state index contributed by atoms with van der Waals surface area (Å²) in [4.78, 5) is 14.4. The van der Waals surface area contributed by atoms with Gasteiger partial charge in [0.1, 0.15) is 23.4 Å². The lowest BCUT2D eigenvalue weighted by atomic mass is 9.94. The number of nitrogens with one attached hydrogen (secondary N) is 2. The zero-order valence-corrected chi connectivity index (χ0v) is 25.3. The maximum atomic E-state index is 16.5. The van der Waals surface area contributed by atoms with Crippen molar-refractivity contribution >= 4 is 22.3 Å². The fraction of sp³-hybridized carbons (Fsp3) is 0.294. The zero-order valence-electron chi connectivity index (χ0n) is 25.3. The van der Waals surface area contributed by atoms with Gasteiger partial charge in [-0.15, -0.1) is 0 Å². The first-order chi connectivity index (χ1) is 20.6. The summed E-state index contributed by atoms with van der Waals surface area (Å²) in [7, 11) is 4.02. The molecule has 0 fully saturated rings. The number of benzene rings is 3. The van der Waals surface area contributed by atoms with E-state index in [0.29, 0.717) is 36.2 Å². The Labute approximate surface area is 252 Å². The standard InChI is InChI=1S/C34H39FN6O2/c1-6-42-25-17-27(30(35)29(18-25)43-21-34(2,3)20-41(4)5)31(33-38-19-28(40-33)22-10-8-7-9-11-22)39-24-12-13-26-23(16-24)14-15-37-32(26)36/h7-19,31,39H,6,20-21H2,1-5H3,(H2,36,37)(H,38,40). The minimum Gasteiger partial charge on any atom is -0.494 e. The molecule has 0 saturated heterocycles. The van der Waals surface area contributed by atoms with Gasteiger partial charge in [0.15, 0.2) is 11.6 Å². The normalized spacial score (nSPS) is 12.4. The molecule has 0 radical (unpaired) electrons. The number of hydrogen-bond donors (Lipinski definition) is 3. The van der Waals surface area contributed by atoms with E-state index in [1.165, 1.54) is 0 Å². The van der Waals surface area contributed by atoms with E-state index < -0.39 is 11.9 Å². The van der Waals surface area contributed by atoms with Crippen LogP contribution in [0.3, 0.4) is 0 Å². The van der Waals surface area contributed by atoms with Gasteiger partial charge in [-0.25, -0.2) is 14.4 Å². The van der Waals surface area contributed by atoms with Gasteiger partial charge < -0.3 is 30.4 Å². The Hall–Kier alpha value is -4.63. The van der Waals surface area contributed by atoms with E-state index in [4.69, 9.17) is 20.2 Å². The van der Waals surface area contributed by atoms with Crippen molar-refractivity contribution in [2.45, 2.75) is 26.8 Å². The number of rotatable bonds is 12. The largest absolute Gasteiger partial charge is 0.494 e. The van der Waals surface area contributed by atoms with Crippen LogP contribution in [0.25, 0.3) is 22.0 Å². The Bertz CT molecular complexity index is 1690. The van der Waals surface area contributed by atoms with Crippen LogP contribution in [-0.2, 0) is 0 Å². The molecule has 2 aromatic heterocycles. The van der Waals surface area contributed by atoms with E-state index in [1.54, 1.807) is 24.5 Å². The molecular formula is C34H39FN6O2. The van der Waals surface area contributed by atoms with Gasteiger partial charge in [-0.3, -0.25) is 0 Å². The van der Waals surface area contributed by atoms with Crippen molar-refractivity contribution in [3.05, 3.63) is 96.3 Å². The number of pyridine rings is 1. The molecule has 9 heteroatoms. The summed E-state index contributed by atoms with van der Waals surface area (Å²) in [6.45, 7) is 7.63. The first-order valence-corrected chi connectivity index (χ1v) is 14.4. The molecule has 3 aromatic carbocycles. The van der Waals surface area contributed by atoms with E-state index in [-0.39, 0.29) is 11.2 Å². The topological polar surface area (TPSA) is 101 Å². The second-order valence-corrected chi connectivity index (χ2v) is 11.7. The van der Waals surface area contributed by atoms with Crippen LogP contribution in [0, 0.1) is 11.2 Å². The van der Waals surface area contributed by atoms with Crippen molar-refractivity contribution in [2.75, 3.05) is 44.9 Å².